The van der Waals surface area contributed by atoms with Crippen LogP contribution in [0.25, 0.3) is 0 Å². The zero-order chi connectivity index (χ0) is 13.5. The third kappa shape index (κ3) is 3.98. The van der Waals surface area contributed by atoms with Gasteiger partial charge in [0.25, 0.3) is 0 Å². The van der Waals surface area contributed by atoms with Crippen LogP contribution in [0, 0.1) is 0 Å². The van der Waals surface area contributed by atoms with Crippen molar-refractivity contribution in [3.8, 4) is 11.5 Å². The van der Waals surface area contributed by atoms with Crippen molar-refractivity contribution in [3.63, 3.8) is 0 Å². The van der Waals surface area contributed by atoms with Gasteiger partial charge in [0.1, 0.15) is 17.6 Å². The maximum Gasteiger partial charge on any atom is 0.145 e. The van der Waals surface area contributed by atoms with E-state index in [1.807, 2.05) is 41.8 Å². The van der Waals surface area contributed by atoms with Crippen LogP contribution in [0.3, 0.4) is 0 Å². The molecule has 4 heteroatoms. The van der Waals surface area contributed by atoms with Gasteiger partial charge < -0.3 is 15.2 Å². The summed E-state index contributed by atoms with van der Waals surface area (Å²) < 4.78 is 11.4. The molecule has 0 bridgehead atoms. The number of thiophene rings is 1. The molecule has 1 aromatic carbocycles. The second kappa shape index (κ2) is 7.16. The minimum atomic E-state index is -0.0811. The van der Waals surface area contributed by atoms with Gasteiger partial charge in [-0.2, -0.15) is 0 Å². The second-order valence-electron chi connectivity index (χ2n) is 4.18. The van der Waals surface area contributed by atoms with Crippen LogP contribution in [0.2, 0.25) is 0 Å². The van der Waals surface area contributed by atoms with Crippen LogP contribution >= 0.6 is 11.3 Å². The minimum absolute atomic E-state index is 0.0811. The third-order valence-electron chi connectivity index (χ3n) is 2.65. The maximum absolute atomic E-state index is 5.90. The van der Waals surface area contributed by atoms with Gasteiger partial charge in [-0.15, -0.1) is 11.3 Å². The molecule has 0 radical (unpaired) electrons. The Bertz CT molecular complexity index is 467. The van der Waals surface area contributed by atoms with Gasteiger partial charge in [0, 0.05) is 11.4 Å². The summed E-state index contributed by atoms with van der Waals surface area (Å²) in [4.78, 5) is 1.15. The van der Waals surface area contributed by atoms with Crippen molar-refractivity contribution in [1.82, 2.24) is 0 Å². The van der Waals surface area contributed by atoms with Crippen molar-refractivity contribution in [2.45, 2.75) is 19.4 Å². The lowest BCUT2D eigenvalue weighted by atomic mass is 10.2. The highest BCUT2D eigenvalue weighted by atomic mass is 32.1. The SMILES string of the molecule is CCCOc1ccc(OC(CN)c2cccs2)cc1. The van der Waals surface area contributed by atoms with Crippen LogP contribution in [0.5, 0.6) is 11.5 Å². The molecule has 0 saturated carbocycles. The van der Waals surface area contributed by atoms with E-state index in [2.05, 4.69) is 6.92 Å². The molecule has 0 fully saturated rings. The van der Waals surface area contributed by atoms with Gasteiger partial charge in [-0.1, -0.05) is 13.0 Å². The molecule has 19 heavy (non-hydrogen) atoms. The monoisotopic (exact) mass is 277 g/mol. The highest BCUT2D eigenvalue weighted by Crippen LogP contribution is 2.26. The first kappa shape index (κ1) is 13.9. The molecule has 2 rings (SSSR count). The quantitative estimate of drug-likeness (QED) is 0.840. The molecule has 2 N–H and O–H groups in total. The predicted molar refractivity (Wildman–Crippen MR) is 79.0 cm³/mol. The average Bonchev–Trinajstić information content (AvgIpc) is 2.98. The standard InChI is InChI=1S/C15H19NO2S/c1-2-9-17-12-5-7-13(8-6-12)18-14(11-16)15-4-3-10-19-15/h3-8,10,14H,2,9,11,16H2,1H3. The second-order valence-corrected chi connectivity index (χ2v) is 5.16. The summed E-state index contributed by atoms with van der Waals surface area (Å²) in [5.41, 5.74) is 5.76. The van der Waals surface area contributed by atoms with Gasteiger partial charge in [0.15, 0.2) is 0 Å². The number of benzene rings is 1. The Morgan fingerprint density at radius 2 is 1.89 bits per heavy atom. The minimum Gasteiger partial charge on any atom is -0.494 e. The normalized spacial score (nSPS) is 12.1. The molecule has 1 heterocycles. The summed E-state index contributed by atoms with van der Waals surface area (Å²) in [6.07, 6.45) is 0.925. The first-order valence-electron chi connectivity index (χ1n) is 6.46. The van der Waals surface area contributed by atoms with E-state index in [4.69, 9.17) is 15.2 Å². The van der Waals surface area contributed by atoms with Crippen molar-refractivity contribution >= 4 is 11.3 Å². The highest BCUT2D eigenvalue weighted by Gasteiger charge is 2.12. The summed E-state index contributed by atoms with van der Waals surface area (Å²) in [6.45, 7) is 3.29. The topological polar surface area (TPSA) is 44.5 Å². The number of rotatable bonds is 7. The molecule has 102 valence electrons. The Hall–Kier alpha value is -1.52. The molecule has 1 atom stereocenters. The van der Waals surface area contributed by atoms with Crippen molar-refractivity contribution in [2.24, 2.45) is 5.73 Å². The Morgan fingerprint density at radius 1 is 1.16 bits per heavy atom. The van der Waals surface area contributed by atoms with Crippen LogP contribution in [-0.2, 0) is 0 Å². The fourth-order valence-corrected chi connectivity index (χ4v) is 2.46. The van der Waals surface area contributed by atoms with E-state index in [9.17, 15) is 0 Å². The lowest BCUT2D eigenvalue weighted by Crippen LogP contribution is -2.17. The summed E-state index contributed by atoms with van der Waals surface area (Å²) in [7, 11) is 0. The zero-order valence-corrected chi connectivity index (χ0v) is 11.9. The highest BCUT2D eigenvalue weighted by molar-refractivity contribution is 7.10. The Labute approximate surface area is 118 Å². The van der Waals surface area contributed by atoms with Gasteiger partial charge in [-0.05, 0) is 42.1 Å². The smallest absolute Gasteiger partial charge is 0.145 e. The molecule has 0 amide bonds. The van der Waals surface area contributed by atoms with Gasteiger partial charge in [0.05, 0.1) is 6.61 Å². The van der Waals surface area contributed by atoms with Gasteiger partial charge in [-0.25, -0.2) is 0 Å². The van der Waals surface area contributed by atoms with Gasteiger partial charge >= 0.3 is 0 Å². The molecule has 0 saturated heterocycles. The molecular formula is C15H19NO2S. The lowest BCUT2D eigenvalue weighted by Gasteiger charge is -2.16. The summed E-state index contributed by atoms with van der Waals surface area (Å²) >= 11 is 1.66. The molecule has 0 aliphatic rings. The molecule has 0 aliphatic heterocycles. The summed E-state index contributed by atoms with van der Waals surface area (Å²) in [5.74, 6) is 1.68. The molecule has 1 aromatic heterocycles. The van der Waals surface area contributed by atoms with E-state index in [-0.39, 0.29) is 6.10 Å². The Kier molecular flexibility index (Phi) is 5.24. The molecule has 0 spiro atoms. The van der Waals surface area contributed by atoms with Crippen LogP contribution in [0.1, 0.15) is 24.3 Å². The van der Waals surface area contributed by atoms with E-state index >= 15 is 0 Å². The molecule has 1 unspecified atom stereocenters. The number of ether oxygens (including phenoxy) is 2. The first-order chi connectivity index (χ1) is 9.33. The fraction of sp³-hybridized carbons (Fsp3) is 0.333. The van der Waals surface area contributed by atoms with E-state index in [1.165, 1.54) is 0 Å². The van der Waals surface area contributed by atoms with Gasteiger partial charge in [-0.3, -0.25) is 0 Å². The van der Waals surface area contributed by atoms with E-state index in [1.54, 1.807) is 11.3 Å². The largest absolute Gasteiger partial charge is 0.494 e. The lowest BCUT2D eigenvalue weighted by molar-refractivity contribution is 0.217. The third-order valence-corrected chi connectivity index (χ3v) is 3.61. The first-order valence-corrected chi connectivity index (χ1v) is 7.34. The molecule has 2 aromatic rings. The summed E-state index contributed by atoms with van der Waals surface area (Å²) in [6, 6.07) is 11.7. The molecule has 3 nitrogen and oxygen atoms in total. The summed E-state index contributed by atoms with van der Waals surface area (Å²) in [5, 5.41) is 2.03. The maximum atomic E-state index is 5.90. The fourth-order valence-electron chi connectivity index (χ4n) is 1.70. The number of hydrogen-bond acceptors (Lipinski definition) is 4. The van der Waals surface area contributed by atoms with Gasteiger partial charge in [0.2, 0.25) is 0 Å². The van der Waals surface area contributed by atoms with Crippen molar-refractivity contribution in [3.05, 3.63) is 46.7 Å². The van der Waals surface area contributed by atoms with Crippen molar-refractivity contribution in [1.29, 1.82) is 0 Å². The molecular weight excluding hydrogens is 258 g/mol. The van der Waals surface area contributed by atoms with E-state index in [0.29, 0.717) is 6.54 Å². The molecule has 0 aliphatic carbocycles. The van der Waals surface area contributed by atoms with Crippen molar-refractivity contribution < 1.29 is 9.47 Å². The van der Waals surface area contributed by atoms with Crippen molar-refractivity contribution in [2.75, 3.05) is 13.2 Å². The van der Waals surface area contributed by atoms with Crippen LogP contribution in [0.4, 0.5) is 0 Å². The Morgan fingerprint density at radius 3 is 2.47 bits per heavy atom. The van der Waals surface area contributed by atoms with E-state index < -0.39 is 0 Å². The average molecular weight is 277 g/mol. The Balaban J connectivity index is 1.98. The number of nitrogens with two attached hydrogens (primary N) is 1. The van der Waals surface area contributed by atoms with Crippen LogP contribution < -0.4 is 15.2 Å². The predicted octanol–water partition coefficient (Wildman–Crippen LogP) is 3.62. The zero-order valence-electron chi connectivity index (χ0n) is 11.0. The van der Waals surface area contributed by atoms with E-state index in [0.717, 1.165) is 29.4 Å². The number of hydrogen-bond donors (Lipinski definition) is 1. The van der Waals surface area contributed by atoms with Crippen LogP contribution in [0.15, 0.2) is 41.8 Å². The van der Waals surface area contributed by atoms with Crippen LogP contribution in [-0.4, -0.2) is 13.2 Å².